The predicted octanol–water partition coefficient (Wildman–Crippen LogP) is 3.09. The second-order valence-corrected chi connectivity index (χ2v) is 6.62. The topological polar surface area (TPSA) is 27.6 Å². The summed E-state index contributed by atoms with van der Waals surface area (Å²) in [5, 5.41) is 3.59. The number of rotatable bonds is 1. The van der Waals surface area contributed by atoms with E-state index in [2.05, 4.69) is 17.1 Å². The Morgan fingerprint density at radius 1 is 1.24 bits per heavy atom. The van der Waals surface area contributed by atoms with E-state index >= 15 is 0 Å². The molecule has 0 radical (unpaired) electrons. The van der Waals surface area contributed by atoms with Crippen LogP contribution in [0.4, 0.5) is 4.39 Å². The fraction of sp³-hybridized carbons (Fsp3) is 0.588. The molecule has 1 N–H and O–H groups in total. The molecule has 4 atom stereocenters. The lowest BCUT2D eigenvalue weighted by molar-refractivity contribution is 0.152. The van der Waals surface area contributed by atoms with Crippen molar-refractivity contribution in [3.63, 3.8) is 0 Å². The quantitative estimate of drug-likeness (QED) is 0.859. The SMILES string of the molecule is CC1CN=C2NC3CCCCC3N2C1c1ccccc1F. The smallest absolute Gasteiger partial charge is 0.195 e. The van der Waals surface area contributed by atoms with Crippen LogP contribution in [0.3, 0.4) is 0 Å². The van der Waals surface area contributed by atoms with Crippen molar-refractivity contribution in [2.24, 2.45) is 10.9 Å². The summed E-state index contributed by atoms with van der Waals surface area (Å²) in [6.07, 6.45) is 4.95. The van der Waals surface area contributed by atoms with Crippen molar-refractivity contribution in [3.8, 4) is 0 Å². The average molecular weight is 287 g/mol. The first-order chi connectivity index (χ1) is 10.3. The molecule has 1 saturated heterocycles. The Morgan fingerprint density at radius 3 is 2.90 bits per heavy atom. The largest absolute Gasteiger partial charge is 0.351 e. The van der Waals surface area contributed by atoms with E-state index in [1.165, 1.54) is 25.7 Å². The van der Waals surface area contributed by atoms with Crippen LogP contribution in [0.5, 0.6) is 0 Å². The Kier molecular flexibility index (Phi) is 3.12. The summed E-state index contributed by atoms with van der Waals surface area (Å²) in [5.41, 5.74) is 0.824. The lowest BCUT2D eigenvalue weighted by Gasteiger charge is -2.41. The molecule has 0 aromatic heterocycles. The number of hydrogen-bond donors (Lipinski definition) is 1. The van der Waals surface area contributed by atoms with Crippen molar-refractivity contribution in [2.45, 2.75) is 50.7 Å². The Morgan fingerprint density at radius 2 is 2.05 bits per heavy atom. The molecule has 4 unspecified atom stereocenters. The van der Waals surface area contributed by atoms with Gasteiger partial charge in [-0.25, -0.2) is 4.39 Å². The second kappa shape index (κ2) is 5.00. The lowest BCUT2D eigenvalue weighted by Crippen LogP contribution is -2.46. The van der Waals surface area contributed by atoms with Gasteiger partial charge in [-0.1, -0.05) is 38.0 Å². The third-order valence-electron chi connectivity index (χ3n) is 5.24. The zero-order valence-corrected chi connectivity index (χ0v) is 12.4. The summed E-state index contributed by atoms with van der Waals surface area (Å²) >= 11 is 0. The van der Waals surface area contributed by atoms with Gasteiger partial charge in [-0.2, -0.15) is 0 Å². The van der Waals surface area contributed by atoms with Gasteiger partial charge in [-0.05, 0) is 18.9 Å². The molecule has 1 aromatic rings. The summed E-state index contributed by atoms with van der Waals surface area (Å²) in [4.78, 5) is 7.10. The van der Waals surface area contributed by atoms with E-state index in [0.29, 0.717) is 18.0 Å². The first kappa shape index (κ1) is 13.1. The van der Waals surface area contributed by atoms with Crippen LogP contribution in [-0.4, -0.2) is 29.5 Å². The van der Waals surface area contributed by atoms with Crippen molar-refractivity contribution in [3.05, 3.63) is 35.6 Å². The number of nitrogens with zero attached hydrogens (tertiary/aromatic N) is 2. The highest BCUT2D eigenvalue weighted by molar-refractivity contribution is 5.84. The number of nitrogens with one attached hydrogen (secondary N) is 1. The molecular formula is C17H22FN3. The molecule has 112 valence electrons. The molecule has 0 spiro atoms. The third kappa shape index (κ3) is 2.03. The zero-order chi connectivity index (χ0) is 14.4. The Labute approximate surface area is 125 Å². The van der Waals surface area contributed by atoms with Crippen LogP contribution in [0.2, 0.25) is 0 Å². The van der Waals surface area contributed by atoms with Crippen LogP contribution in [0.25, 0.3) is 0 Å². The van der Waals surface area contributed by atoms with Gasteiger partial charge < -0.3 is 10.2 Å². The first-order valence-corrected chi connectivity index (χ1v) is 8.09. The van der Waals surface area contributed by atoms with Gasteiger partial charge in [0.25, 0.3) is 0 Å². The first-order valence-electron chi connectivity index (χ1n) is 8.09. The molecular weight excluding hydrogens is 265 g/mol. The van der Waals surface area contributed by atoms with Gasteiger partial charge in [0.15, 0.2) is 5.96 Å². The fourth-order valence-corrected chi connectivity index (χ4v) is 4.25. The van der Waals surface area contributed by atoms with Crippen molar-refractivity contribution in [1.29, 1.82) is 0 Å². The number of hydrogen-bond acceptors (Lipinski definition) is 3. The summed E-state index contributed by atoms with van der Waals surface area (Å²) in [6, 6.07) is 8.32. The van der Waals surface area contributed by atoms with E-state index in [4.69, 9.17) is 4.99 Å². The molecule has 2 aliphatic heterocycles. The lowest BCUT2D eigenvalue weighted by atomic mass is 9.86. The van der Waals surface area contributed by atoms with Gasteiger partial charge in [0, 0.05) is 24.1 Å². The molecule has 1 aromatic carbocycles. The normalized spacial score (nSPS) is 34.8. The molecule has 4 rings (SSSR count). The highest BCUT2D eigenvalue weighted by atomic mass is 19.1. The summed E-state index contributed by atoms with van der Waals surface area (Å²) < 4.78 is 14.3. The molecule has 0 bridgehead atoms. The second-order valence-electron chi connectivity index (χ2n) is 6.62. The molecule has 0 amide bonds. The molecule has 2 heterocycles. The minimum Gasteiger partial charge on any atom is -0.351 e. The number of guanidine groups is 1. The minimum absolute atomic E-state index is 0.0881. The van der Waals surface area contributed by atoms with Crippen LogP contribution in [-0.2, 0) is 0 Å². The molecule has 21 heavy (non-hydrogen) atoms. The van der Waals surface area contributed by atoms with Gasteiger partial charge in [0.2, 0.25) is 0 Å². The third-order valence-corrected chi connectivity index (χ3v) is 5.24. The van der Waals surface area contributed by atoms with Crippen LogP contribution in [0, 0.1) is 11.7 Å². The molecule has 1 aliphatic carbocycles. The summed E-state index contributed by atoms with van der Waals surface area (Å²) in [7, 11) is 0. The van der Waals surface area contributed by atoms with E-state index in [9.17, 15) is 4.39 Å². The van der Waals surface area contributed by atoms with E-state index in [1.807, 2.05) is 12.1 Å². The summed E-state index contributed by atoms with van der Waals surface area (Å²) in [5.74, 6) is 1.25. The molecule has 3 aliphatic rings. The average Bonchev–Trinajstić information content (AvgIpc) is 2.87. The van der Waals surface area contributed by atoms with E-state index < -0.39 is 0 Å². The zero-order valence-electron chi connectivity index (χ0n) is 12.4. The van der Waals surface area contributed by atoms with Crippen LogP contribution >= 0.6 is 0 Å². The number of benzene rings is 1. The van der Waals surface area contributed by atoms with E-state index in [-0.39, 0.29) is 11.9 Å². The number of aliphatic imine (C=N–C) groups is 1. The molecule has 3 nitrogen and oxygen atoms in total. The van der Waals surface area contributed by atoms with E-state index in [0.717, 1.165) is 18.1 Å². The molecule has 2 fully saturated rings. The minimum atomic E-state index is -0.0881. The maximum atomic E-state index is 14.3. The van der Waals surface area contributed by atoms with Gasteiger partial charge >= 0.3 is 0 Å². The Hall–Kier alpha value is -1.58. The molecule has 4 heteroatoms. The van der Waals surface area contributed by atoms with Crippen molar-refractivity contribution in [1.82, 2.24) is 10.2 Å². The maximum Gasteiger partial charge on any atom is 0.195 e. The number of halogens is 1. The maximum absolute atomic E-state index is 14.3. The predicted molar refractivity (Wildman–Crippen MR) is 81.6 cm³/mol. The van der Waals surface area contributed by atoms with Crippen LogP contribution in [0.1, 0.15) is 44.2 Å². The standard InChI is InChI=1S/C17H22FN3/c1-11-10-19-17-20-14-8-4-5-9-15(14)21(17)16(11)12-6-2-3-7-13(12)18/h2-3,6-7,11,14-16H,4-5,8-10H2,1H3,(H,19,20). The van der Waals surface area contributed by atoms with Crippen molar-refractivity contribution < 1.29 is 4.39 Å². The van der Waals surface area contributed by atoms with Gasteiger partial charge in [-0.3, -0.25) is 4.99 Å². The fourth-order valence-electron chi connectivity index (χ4n) is 4.25. The highest BCUT2D eigenvalue weighted by Crippen LogP contribution is 2.41. The van der Waals surface area contributed by atoms with E-state index in [1.54, 1.807) is 12.1 Å². The summed E-state index contributed by atoms with van der Waals surface area (Å²) in [6.45, 7) is 2.96. The molecule has 1 saturated carbocycles. The Bertz CT molecular complexity index is 571. The highest BCUT2D eigenvalue weighted by Gasteiger charge is 2.46. The van der Waals surface area contributed by atoms with Gasteiger partial charge in [0.05, 0.1) is 12.1 Å². The van der Waals surface area contributed by atoms with Crippen molar-refractivity contribution in [2.75, 3.05) is 6.54 Å². The van der Waals surface area contributed by atoms with Crippen molar-refractivity contribution >= 4 is 5.96 Å². The van der Waals surface area contributed by atoms with Gasteiger partial charge in [-0.15, -0.1) is 0 Å². The van der Waals surface area contributed by atoms with Crippen LogP contribution in [0.15, 0.2) is 29.3 Å². The number of fused-ring (bicyclic) bond motifs is 3. The van der Waals surface area contributed by atoms with Gasteiger partial charge in [0.1, 0.15) is 5.82 Å². The Balaban J connectivity index is 1.75. The van der Waals surface area contributed by atoms with Crippen LogP contribution < -0.4 is 5.32 Å². The monoisotopic (exact) mass is 287 g/mol.